The zero-order chi connectivity index (χ0) is 6.53. The number of ether oxygens (including phenoxy) is 1. The molecular formula is C6H9NO2. The highest BCUT2D eigenvalue weighted by atomic mass is 16.5. The van der Waals surface area contributed by atoms with Gasteiger partial charge in [0.25, 0.3) is 0 Å². The summed E-state index contributed by atoms with van der Waals surface area (Å²) in [5.41, 5.74) is 1.01. The molecule has 1 rings (SSSR count). The molecule has 0 bridgehead atoms. The third-order valence-electron chi connectivity index (χ3n) is 1.25. The highest BCUT2D eigenvalue weighted by molar-refractivity contribution is 5.06. The maximum Gasteiger partial charge on any atom is 0.104 e. The number of nitrogens with zero attached hydrogens (tertiary/aromatic N) is 1. The molecule has 1 aliphatic rings. The van der Waals surface area contributed by atoms with Crippen molar-refractivity contribution in [1.29, 1.82) is 0 Å². The van der Waals surface area contributed by atoms with Crippen LogP contribution in [0.3, 0.4) is 0 Å². The van der Waals surface area contributed by atoms with Crippen molar-refractivity contribution in [3.05, 3.63) is 16.6 Å². The first kappa shape index (κ1) is 6.42. The van der Waals surface area contributed by atoms with Crippen molar-refractivity contribution in [1.82, 2.24) is 0 Å². The Balaban J connectivity index is 2.36. The average molecular weight is 127 g/mol. The first-order valence-electron chi connectivity index (χ1n) is 2.98. The van der Waals surface area contributed by atoms with Crippen molar-refractivity contribution < 1.29 is 4.74 Å². The summed E-state index contributed by atoms with van der Waals surface area (Å²) in [7, 11) is 0. The molecule has 0 aliphatic carbocycles. The van der Waals surface area contributed by atoms with Crippen LogP contribution >= 0.6 is 0 Å². The Bertz CT molecular complexity index is 131. The second-order valence-electron chi connectivity index (χ2n) is 1.99. The molecule has 3 nitrogen and oxygen atoms in total. The predicted molar refractivity (Wildman–Crippen MR) is 34.2 cm³/mol. The van der Waals surface area contributed by atoms with Gasteiger partial charge < -0.3 is 4.74 Å². The Morgan fingerprint density at radius 1 is 1.78 bits per heavy atom. The minimum absolute atomic E-state index is 0.292. The molecule has 0 aromatic carbocycles. The molecule has 0 unspecified atom stereocenters. The Kier molecular flexibility index (Phi) is 2.39. The summed E-state index contributed by atoms with van der Waals surface area (Å²) < 4.78 is 5.07. The van der Waals surface area contributed by atoms with Crippen LogP contribution in [0.1, 0.15) is 6.42 Å². The summed E-state index contributed by atoms with van der Waals surface area (Å²) in [6.45, 7) is 1.66. The van der Waals surface area contributed by atoms with Gasteiger partial charge in [-0.2, -0.15) is 4.91 Å². The van der Waals surface area contributed by atoms with E-state index in [9.17, 15) is 4.91 Å². The molecule has 0 amide bonds. The molecule has 0 fully saturated rings. The summed E-state index contributed by atoms with van der Waals surface area (Å²) in [6, 6.07) is 0. The van der Waals surface area contributed by atoms with Crippen LogP contribution in [0.15, 0.2) is 16.8 Å². The Morgan fingerprint density at radius 3 is 3.22 bits per heavy atom. The molecule has 0 saturated heterocycles. The zero-order valence-corrected chi connectivity index (χ0v) is 5.17. The Morgan fingerprint density at radius 2 is 2.67 bits per heavy atom. The van der Waals surface area contributed by atoms with E-state index in [-0.39, 0.29) is 0 Å². The fourth-order valence-electron chi connectivity index (χ4n) is 0.802. The molecule has 0 aromatic heterocycles. The van der Waals surface area contributed by atoms with E-state index in [4.69, 9.17) is 4.74 Å². The van der Waals surface area contributed by atoms with Gasteiger partial charge in [-0.25, -0.2) is 0 Å². The molecule has 1 aliphatic heterocycles. The van der Waals surface area contributed by atoms with Crippen molar-refractivity contribution in [2.24, 2.45) is 5.18 Å². The number of hydrogen-bond donors (Lipinski definition) is 0. The van der Waals surface area contributed by atoms with Gasteiger partial charge in [0.2, 0.25) is 0 Å². The normalized spacial score (nSPS) is 18.9. The predicted octanol–water partition coefficient (Wildman–Crippen LogP) is 1.10. The zero-order valence-electron chi connectivity index (χ0n) is 5.17. The second kappa shape index (κ2) is 3.35. The molecule has 9 heavy (non-hydrogen) atoms. The smallest absolute Gasteiger partial charge is 0.104 e. The van der Waals surface area contributed by atoms with E-state index < -0.39 is 0 Å². The maximum absolute atomic E-state index is 9.73. The SMILES string of the molecule is O=NCC1=CCCOC1. The van der Waals surface area contributed by atoms with Gasteiger partial charge in [0, 0.05) is 0 Å². The summed E-state index contributed by atoms with van der Waals surface area (Å²) >= 11 is 0. The van der Waals surface area contributed by atoms with E-state index in [0.29, 0.717) is 13.2 Å². The summed E-state index contributed by atoms with van der Waals surface area (Å²) in [5.74, 6) is 0. The van der Waals surface area contributed by atoms with E-state index >= 15 is 0 Å². The van der Waals surface area contributed by atoms with Crippen molar-refractivity contribution in [3.63, 3.8) is 0 Å². The Hall–Kier alpha value is -0.700. The number of nitroso groups, excluding NO2 is 1. The van der Waals surface area contributed by atoms with Gasteiger partial charge in [-0.05, 0) is 12.0 Å². The van der Waals surface area contributed by atoms with Gasteiger partial charge in [0.15, 0.2) is 0 Å². The van der Waals surface area contributed by atoms with Crippen LogP contribution in [0.4, 0.5) is 0 Å². The van der Waals surface area contributed by atoms with Crippen LogP contribution in [-0.2, 0) is 4.74 Å². The Labute approximate surface area is 53.7 Å². The molecule has 0 saturated carbocycles. The van der Waals surface area contributed by atoms with Crippen molar-refractivity contribution in [2.75, 3.05) is 19.8 Å². The first-order chi connectivity index (χ1) is 4.43. The molecular weight excluding hydrogens is 118 g/mol. The monoisotopic (exact) mass is 127 g/mol. The molecule has 0 N–H and O–H groups in total. The maximum atomic E-state index is 9.73. The fourth-order valence-corrected chi connectivity index (χ4v) is 0.802. The fraction of sp³-hybridized carbons (Fsp3) is 0.667. The van der Waals surface area contributed by atoms with Gasteiger partial charge in [-0.1, -0.05) is 11.3 Å². The van der Waals surface area contributed by atoms with Crippen LogP contribution in [-0.4, -0.2) is 19.8 Å². The molecule has 1 heterocycles. The van der Waals surface area contributed by atoms with Crippen LogP contribution < -0.4 is 0 Å². The molecule has 3 heteroatoms. The largest absolute Gasteiger partial charge is 0.377 e. The quantitative estimate of drug-likeness (QED) is 0.411. The van der Waals surface area contributed by atoms with Crippen molar-refractivity contribution >= 4 is 0 Å². The minimum atomic E-state index is 0.292. The van der Waals surface area contributed by atoms with E-state index in [1.54, 1.807) is 0 Å². The lowest BCUT2D eigenvalue weighted by molar-refractivity contribution is 0.149. The van der Waals surface area contributed by atoms with Crippen LogP contribution in [0.25, 0.3) is 0 Å². The highest BCUT2D eigenvalue weighted by Crippen LogP contribution is 2.04. The summed E-state index contributed by atoms with van der Waals surface area (Å²) in [6.07, 6.45) is 2.94. The molecule has 0 radical (unpaired) electrons. The standard InChI is InChI=1S/C6H9NO2/c8-7-4-6-2-1-3-9-5-6/h2H,1,3-5H2. The van der Waals surface area contributed by atoms with E-state index in [0.717, 1.165) is 18.6 Å². The van der Waals surface area contributed by atoms with E-state index in [2.05, 4.69) is 5.18 Å². The van der Waals surface area contributed by atoms with E-state index in [1.807, 2.05) is 6.08 Å². The van der Waals surface area contributed by atoms with Crippen molar-refractivity contribution in [3.8, 4) is 0 Å². The number of hydrogen-bond acceptors (Lipinski definition) is 3. The molecule has 0 spiro atoms. The van der Waals surface area contributed by atoms with Gasteiger partial charge in [-0.15, -0.1) is 0 Å². The minimum Gasteiger partial charge on any atom is -0.377 e. The molecule has 0 atom stereocenters. The number of rotatable bonds is 2. The lowest BCUT2D eigenvalue weighted by Gasteiger charge is -2.09. The third kappa shape index (κ3) is 1.93. The highest BCUT2D eigenvalue weighted by Gasteiger charge is 2.01. The van der Waals surface area contributed by atoms with Gasteiger partial charge in [0.05, 0.1) is 13.2 Å². The third-order valence-corrected chi connectivity index (χ3v) is 1.25. The van der Waals surface area contributed by atoms with Gasteiger partial charge >= 0.3 is 0 Å². The molecule has 0 aromatic rings. The summed E-state index contributed by atoms with van der Waals surface area (Å²) in [5, 5.41) is 2.76. The lowest BCUT2D eigenvalue weighted by atomic mass is 10.2. The summed E-state index contributed by atoms with van der Waals surface area (Å²) in [4.78, 5) is 9.73. The first-order valence-corrected chi connectivity index (χ1v) is 2.98. The van der Waals surface area contributed by atoms with E-state index in [1.165, 1.54) is 0 Å². The van der Waals surface area contributed by atoms with Crippen molar-refractivity contribution in [2.45, 2.75) is 6.42 Å². The van der Waals surface area contributed by atoms with Gasteiger partial charge in [-0.3, -0.25) is 0 Å². The topological polar surface area (TPSA) is 38.7 Å². The van der Waals surface area contributed by atoms with Crippen LogP contribution in [0.5, 0.6) is 0 Å². The average Bonchev–Trinajstić information content (AvgIpc) is 1.91. The molecule has 50 valence electrons. The van der Waals surface area contributed by atoms with Gasteiger partial charge in [0.1, 0.15) is 6.54 Å². The van der Waals surface area contributed by atoms with Crippen LogP contribution in [0, 0.1) is 4.91 Å². The second-order valence-corrected chi connectivity index (χ2v) is 1.99. The lowest BCUT2D eigenvalue weighted by Crippen LogP contribution is -2.07. The van der Waals surface area contributed by atoms with Crippen LogP contribution in [0.2, 0.25) is 0 Å².